The van der Waals surface area contributed by atoms with Gasteiger partial charge in [0.1, 0.15) is 12.3 Å². The Balaban J connectivity index is 1.92. The number of ether oxygens (including phenoxy) is 2. The first-order valence-corrected chi connectivity index (χ1v) is 9.71. The highest BCUT2D eigenvalue weighted by Crippen LogP contribution is 2.30. The summed E-state index contributed by atoms with van der Waals surface area (Å²) in [6, 6.07) is 14.9. The average molecular weight is 440 g/mol. The minimum absolute atomic E-state index is 0.0185. The molecule has 0 aliphatic rings. The van der Waals surface area contributed by atoms with Crippen LogP contribution < -0.4 is 15.0 Å². The number of carbonyl (C=O) groups is 1. The van der Waals surface area contributed by atoms with E-state index in [1.165, 1.54) is 13.3 Å². The quantitative estimate of drug-likeness (QED) is 0.388. The first-order chi connectivity index (χ1) is 15.0. The Morgan fingerprint density at radius 2 is 2.03 bits per heavy atom. The number of aliphatic carboxylic acids is 1. The standard InChI is InChI=1S/C21H20N4O5S/c1-29-17-9-5-8-15(19(17)30-13-14-6-3-2-4-7-14)12-22-25-20(28)16(10-11-18(26)27)23-24-21(25)31/h2-9,12H,10-11,13H2,1H3,(H,24,31)(H,26,27)/b22-12-. The molecule has 160 valence electrons. The predicted molar refractivity (Wildman–Crippen MR) is 116 cm³/mol. The molecular formula is C21H20N4O5S. The van der Waals surface area contributed by atoms with Crippen LogP contribution in [0.2, 0.25) is 0 Å². The van der Waals surface area contributed by atoms with Crippen LogP contribution in [-0.2, 0) is 17.8 Å². The third-order valence-electron chi connectivity index (χ3n) is 4.26. The van der Waals surface area contributed by atoms with E-state index in [0.717, 1.165) is 10.2 Å². The lowest BCUT2D eigenvalue weighted by molar-refractivity contribution is -0.136. The number of para-hydroxylation sites is 1. The van der Waals surface area contributed by atoms with Gasteiger partial charge in [-0.2, -0.15) is 14.9 Å². The highest BCUT2D eigenvalue weighted by Gasteiger charge is 2.12. The molecular weight excluding hydrogens is 420 g/mol. The Bertz CT molecular complexity index is 1200. The molecule has 0 saturated carbocycles. The number of rotatable bonds is 9. The Hall–Kier alpha value is -3.79. The molecule has 3 aromatic rings. The molecule has 0 saturated heterocycles. The number of H-pyrrole nitrogens is 1. The monoisotopic (exact) mass is 440 g/mol. The van der Waals surface area contributed by atoms with Crippen molar-refractivity contribution in [3.05, 3.63) is 80.5 Å². The molecule has 0 aliphatic carbocycles. The van der Waals surface area contributed by atoms with Gasteiger partial charge >= 0.3 is 5.97 Å². The molecule has 0 spiro atoms. The fraction of sp³-hybridized carbons (Fsp3) is 0.190. The van der Waals surface area contributed by atoms with Crippen molar-refractivity contribution in [2.45, 2.75) is 19.4 Å². The summed E-state index contributed by atoms with van der Waals surface area (Å²) in [5.41, 5.74) is 0.989. The molecule has 0 radical (unpaired) electrons. The molecule has 3 rings (SSSR count). The summed E-state index contributed by atoms with van der Waals surface area (Å²) in [5.74, 6) is -0.0646. The molecule has 1 aromatic heterocycles. The molecule has 10 heteroatoms. The SMILES string of the molecule is COc1cccc(/C=N\n2c(=S)[nH]nc(CCC(=O)O)c2=O)c1OCc1ccccc1. The van der Waals surface area contributed by atoms with Crippen molar-refractivity contribution in [2.75, 3.05) is 7.11 Å². The summed E-state index contributed by atoms with van der Waals surface area (Å²) in [6.07, 6.45) is 1.15. The highest BCUT2D eigenvalue weighted by atomic mass is 32.1. The number of aromatic amines is 1. The van der Waals surface area contributed by atoms with Crippen molar-refractivity contribution in [3.8, 4) is 11.5 Å². The number of benzene rings is 2. The molecule has 0 fully saturated rings. The van der Waals surface area contributed by atoms with Gasteiger partial charge in [-0.1, -0.05) is 36.4 Å². The number of hydrogen-bond donors (Lipinski definition) is 2. The van der Waals surface area contributed by atoms with Gasteiger partial charge in [0.05, 0.1) is 19.7 Å². The predicted octanol–water partition coefficient (Wildman–Crippen LogP) is 2.79. The molecule has 0 amide bonds. The lowest BCUT2D eigenvalue weighted by atomic mass is 10.2. The van der Waals surface area contributed by atoms with Gasteiger partial charge in [0.15, 0.2) is 11.5 Å². The summed E-state index contributed by atoms with van der Waals surface area (Å²) in [5, 5.41) is 19.4. The number of aryl methyl sites for hydroxylation is 1. The van der Waals surface area contributed by atoms with Gasteiger partial charge in [0.2, 0.25) is 4.77 Å². The number of hydrogen-bond acceptors (Lipinski definition) is 7. The first-order valence-electron chi connectivity index (χ1n) is 9.30. The van der Waals surface area contributed by atoms with E-state index in [2.05, 4.69) is 15.3 Å². The maximum absolute atomic E-state index is 12.6. The van der Waals surface area contributed by atoms with E-state index in [1.807, 2.05) is 30.3 Å². The molecule has 0 unspecified atom stereocenters. The fourth-order valence-electron chi connectivity index (χ4n) is 2.72. The van der Waals surface area contributed by atoms with E-state index in [4.69, 9.17) is 26.8 Å². The van der Waals surface area contributed by atoms with Crippen LogP contribution in [-0.4, -0.2) is 39.3 Å². The zero-order valence-corrected chi connectivity index (χ0v) is 17.5. The molecule has 0 bridgehead atoms. The van der Waals surface area contributed by atoms with Gasteiger partial charge in [0.25, 0.3) is 5.56 Å². The van der Waals surface area contributed by atoms with E-state index < -0.39 is 11.5 Å². The Morgan fingerprint density at radius 1 is 1.26 bits per heavy atom. The van der Waals surface area contributed by atoms with Gasteiger partial charge in [-0.15, -0.1) is 0 Å². The van der Waals surface area contributed by atoms with Gasteiger partial charge in [-0.3, -0.25) is 14.7 Å². The van der Waals surface area contributed by atoms with Crippen LogP contribution in [0.15, 0.2) is 58.4 Å². The van der Waals surface area contributed by atoms with Crippen LogP contribution >= 0.6 is 12.2 Å². The van der Waals surface area contributed by atoms with Gasteiger partial charge in [-0.25, -0.2) is 0 Å². The number of carboxylic acid groups (broad SMARTS) is 1. The lowest BCUT2D eigenvalue weighted by Crippen LogP contribution is -2.25. The van der Waals surface area contributed by atoms with Crippen LogP contribution in [0.4, 0.5) is 0 Å². The van der Waals surface area contributed by atoms with Gasteiger partial charge < -0.3 is 14.6 Å². The topological polar surface area (TPSA) is 119 Å². The van der Waals surface area contributed by atoms with Crippen molar-refractivity contribution in [2.24, 2.45) is 5.10 Å². The second-order valence-corrected chi connectivity index (χ2v) is 6.77. The molecule has 2 aromatic carbocycles. The minimum Gasteiger partial charge on any atom is -0.493 e. The fourth-order valence-corrected chi connectivity index (χ4v) is 2.89. The second kappa shape index (κ2) is 10.3. The van der Waals surface area contributed by atoms with Crippen LogP contribution in [0.3, 0.4) is 0 Å². The molecule has 1 heterocycles. The van der Waals surface area contributed by atoms with Gasteiger partial charge in [0, 0.05) is 12.0 Å². The number of aromatic nitrogens is 3. The van der Waals surface area contributed by atoms with E-state index in [9.17, 15) is 9.59 Å². The van der Waals surface area contributed by atoms with Crippen LogP contribution in [0.1, 0.15) is 23.2 Å². The van der Waals surface area contributed by atoms with Crippen LogP contribution in [0.5, 0.6) is 11.5 Å². The number of nitrogens with zero attached hydrogens (tertiary/aromatic N) is 3. The number of methoxy groups -OCH3 is 1. The van der Waals surface area contributed by atoms with Crippen molar-refractivity contribution in [1.29, 1.82) is 0 Å². The lowest BCUT2D eigenvalue weighted by Gasteiger charge is -2.13. The maximum Gasteiger partial charge on any atom is 0.303 e. The van der Waals surface area contributed by atoms with E-state index >= 15 is 0 Å². The summed E-state index contributed by atoms with van der Waals surface area (Å²) in [7, 11) is 1.53. The smallest absolute Gasteiger partial charge is 0.303 e. The molecule has 31 heavy (non-hydrogen) atoms. The summed E-state index contributed by atoms with van der Waals surface area (Å²) in [4.78, 5) is 23.4. The number of nitrogens with one attached hydrogen (secondary N) is 1. The Kier molecular flexibility index (Phi) is 7.28. The summed E-state index contributed by atoms with van der Waals surface area (Å²) < 4.78 is 12.3. The van der Waals surface area contributed by atoms with E-state index in [1.54, 1.807) is 18.2 Å². The average Bonchev–Trinajstić information content (AvgIpc) is 2.77. The van der Waals surface area contributed by atoms with Crippen molar-refractivity contribution in [1.82, 2.24) is 14.9 Å². The van der Waals surface area contributed by atoms with E-state index in [0.29, 0.717) is 23.7 Å². The summed E-state index contributed by atoms with van der Waals surface area (Å²) in [6.45, 7) is 0.316. The maximum atomic E-state index is 12.6. The minimum atomic E-state index is -1.03. The molecule has 0 aliphatic heterocycles. The van der Waals surface area contributed by atoms with Crippen LogP contribution in [0.25, 0.3) is 0 Å². The highest BCUT2D eigenvalue weighted by molar-refractivity contribution is 7.71. The Labute approximate surface area is 182 Å². The zero-order chi connectivity index (χ0) is 22.2. The molecule has 2 N–H and O–H groups in total. The normalized spacial score (nSPS) is 10.9. The molecule has 0 atom stereocenters. The van der Waals surface area contributed by atoms with E-state index in [-0.39, 0.29) is 23.3 Å². The number of carboxylic acids is 1. The van der Waals surface area contributed by atoms with Crippen molar-refractivity contribution < 1.29 is 19.4 Å². The largest absolute Gasteiger partial charge is 0.493 e. The summed E-state index contributed by atoms with van der Waals surface area (Å²) >= 11 is 5.11. The Morgan fingerprint density at radius 3 is 2.74 bits per heavy atom. The second-order valence-electron chi connectivity index (χ2n) is 6.38. The third kappa shape index (κ3) is 5.64. The zero-order valence-electron chi connectivity index (χ0n) is 16.6. The first kappa shape index (κ1) is 21.9. The molecule has 9 nitrogen and oxygen atoms in total. The van der Waals surface area contributed by atoms with Crippen molar-refractivity contribution in [3.63, 3.8) is 0 Å². The van der Waals surface area contributed by atoms with Crippen molar-refractivity contribution >= 4 is 24.4 Å². The van der Waals surface area contributed by atoms with Gasteiger partial charge in [-0.05, 0) is 29.9 Å². The van der Waals surface area contributed by atoms with Crippen LogP contribution in [0, 0.1) is 4.77 Å². The third-order valence-corrected chi connectivity index (χ3v) is 4.53.